The molecule has 98 valence electrons. The van der Waals surface area contributed by atoms with Gasteiger partial charge in [0.25, 0.3) is 0 Å². The van der Waals surface area contributed by atoms with Crippen LogP contribution in [0.2, 0.25) is 5.02 Å². The van der Waals surface area contributed by atoms with E-state index < -0.39 is 0 Å². The van der Waals surface area contributed by atoms with Gasteiger partial charge in [0.1, 0.15) is 22.5 Å². The lowest BCUT2D eigenvalue weighted by atomic mass is 10.2. The molecule has 20 heavy (non-hydrogen) atoms. The molecule has 3 rings (SSSR count). The first kappa shape index (κ1) is 12.7. The van der Waals surface area contributed by atoms with Gasteiger partial charge in [-0.05, 0) is 19.1 Å². The van der Waals surface area contributed by atoms with E-state index >= 15 is 0 Å². The van der Waals surface area contributed by atoms with Crippen molar-refractivity contribution >= 4 is 22.9 Å². The molecule has 0 spiro atoms. The van der Waals surface area contributed by atoms with Crippen molar-refractivity contribution in [3.63, 3.8) is 0 Å². The van der Waals surface area contributed by atoms with Gasteiger partial charge in [-0.25, -0.2) is 10.1 Å². The van der Waals surface area contributed by atoms with Crippen molar-refractivity contribution in [2.24, 2.45) is 0 Å². The molecule has 0 unspecified atom stereocenters. The number of aromatic amines is 1. The van der Waals surface area contributed by atoms with Crippen molar-refractivity contribution in [1.29, 1.82) is 5.26 Å². The molecular formula is C12H7ClN6S. The molecule has 0 aliphatic heterocycles. The van der Waals surface area contributed by atoms with Crippen LogP contribution in [-0.2, 0) is 0 Å². The zero-order valence-electron chi connectivity index (χ0n) is 10.3. The number of hydrogen-bond donors (Lipinski definition) is 1. The van der Waals surface area contributed by atoms with Crippen LogP contribution in [0.15, 0.2) is 18.3 Å². The van der Waals surface area contributed by atoms with E-state index in [1.165, 1.54) is 11.3 Å². The number of nitriles is 1. The fourth-order valence-corrected chi connectivity index (χ4v) is 2.70. The molecule has 1 N–H and O–H groups in total. The van der Waals surface area contributed by atoms with Crippen molar-refractivity contribution in [2.45, 2.75) is 6.92 Å². The summed E-state index contributed by atoms with van der Waals surface area (Å²) >= 11 is 7.30. The van der Waals surface area contributed by atoms with E-state index in [4.69, 9.17) is 16.9 Å². The van der Waals surface area contributed by atoms with Gasteiger partial charge in [0.15, 0.2) is 5.69 Å². The van der Waals surface area contributed by atoms with Crippen LogP contribution >= 0.6 is 22.9 Å². The number of H-pyrrole nitrogens is 1. The Balaban J connectivity index is 2.08. The summed E-state index contributed by atoms with van der Waals surface area (Å²) in [6.07, 6.45) is 1.57. The smallest absolute Gasteiger partial charge is 0.165 e. The van der Waals surface area contributed by atoms with Gasteiger partial charge in [0, 0.05) is 11.1 Å². The van der Waals surface area contributed by atoms with Gasteiger partial charge in [-0.3, -0.25) is 4.98 Å². The number of hydrogen-bond acceptors (Lipinski definition) is 6. The van der Waals surface area contributed by atoms with Crippen molar-refractivity contribution in [1.82, 2.24) is 25.4 Å². The summed E-state index contributed by atoms with van der Waals surface area (Å²) < 4.78 is 0. The predicted octanol–water partition coefficient (Wildman–Crippen LogP) is 2.82. The Bertz CT molecular complexity index is 798. The lowest BCUT2D eigenvalue weighted by Crippen LogP contribution is -1.86. The summed E-state index contributed by atoms with van der Waals surface area (Å²) in [5.74, 6) is 0. The Labute approximate surface area is 123 Å². The molecule has 3 aromatic heterocycles. The van der Waals surface area contributed by atoms with Crippen molar-refractivity contribution in [3.05, 3.63) is 33.9 Å². The Morgan fingerprint density at radius 2 is 2.20 bits per heavy atom. The Kier molecular flexibility index (Phi) is 3.18. The number of rotatable bonds is 2. The number of thiazole rings is 1. The first-order valence-corrected chi connectivity index (χ1v) is 6.79. The van der Waals surface area contributed by atoms with Crippen molar-refractivity contribution in [3.8, 4) is 28.2 Å². The number of aryl methyl sites for hydroxylation is 1. The average molecular weight is 303 g/mol. The third-order valence-electron chi connectivity index (χ3n) is 2.63. The zero-order valence-corrected chi connectivity index (χ0v) is 11.8. The molecule has 3 heterocycles. The van der Waals surface area contributed by atoms with E-state index in [1.54, 1.807) is 18.3 Å². The highest BCUT2D eigenvalue weighted by atomic mass is 35.5. The first-order chi connectivity index (χ1) is 9.69. The third-order valence-corrected chi connectivity index (χ3v) is 3.84. The minimum Gasteiger partial charge on any atom is -0.252 e. The van der Waals surface area contributed by atoms with E-state index in [0.29, 0.717) is 22.1 Å². The third kappa shape index (κ3) is 2.15. The standard InChI is InChI=1S/C12H7ClN6S/c1-6-10(11-9(4-14)17-19-18-11)16-12(20-6)8-3-2-7(13)5-15-8/h2-3,5H,1H3,(H,17,18,19). The summed E-state index contributed by atoms with van der Waals surface area (Å²) in [6, 6.07) is 5.57. The summed E-state index contributed by atoms with van der Waals surface area (Å²) in [4.78, 5) is 9.68. The molecule has 0 amide bonds. The van der Waals surface area contributed by atoms with Crippen LogP contribution in [0.1, 0.15) is 10.6 Å². The van der Waals surface area contributed by atoms with Gasteiger partial charge in [-0.1, -0.05) is 16.8 Å². The Morgan fingerprint density at radius 3 is 2.90 bits per heavy atom. The second kappa shape index (κ2) is 5.00. The molecular weight excluding hydrogens is 296 g/mol. The molecule has 0 aliphatic carbocycles. The summed E-state index contributed by atoms with van der Waals surface area (Å²) in [6.45, 7) is 1.92. The zero-order chi connectivity index (χ0) is 14.1. The van der Waals surface area contributed by atoms with Crippen LogP contribution in [0.3, 0.4) is 0 Å². The SMILES string of the molecule is Cc1sc(-c2ccc(Cl)cn2)nc1-c1nn[nH]c1C#N. The maximum absolute atomic E-state index is 9.00. The molecule has 0 saturated carbocycles. The van der Waals surface area contributed by atoms with Gasteiger partial charge < -0.3 is 0 Å². The molecule has 0 atom stereocenters. The molecule has 0 saturated heterocycles. The normalized spacial score (nSPS) is 10.4. The summed E-state index contributed by atoms with van der Waals surface area (Å²) in [5.41, 5.74) is 2.14. The van der Waals surface area contributed by atoms with Crippen LogP contribution in [-0.4, -0.2) is 25.4 Å². The number of nitrogens with zero attached hydrogens (tertiary/aromatic N) is 5. The van der Waals surface area contributed by atoms with Gasteiger partial charge in [-0.2, -0.15) is 5.26 Å². The van der Waals surface area contributed by atoms with E-state index in [9.17, 15) is 0 Å². The van der Waals surface area contributed by atoms with Crippen LogP contribution in [0, 0.1) is 18.3 Å². The lowest BCUT2D eigenvalue weighted by molar-refractivity contribution is 0.936. The fourth-order valence-electron chi connectivity index (χ4n) is 1.70. The highest BCUT2D eigenvalue weighted by Gasteiger charge is 2.18. The lowest BCUT2D eigenvalue weighted by Gasteiger charge is -1.94. The maximum atomic E-state index is 9.00. The molecule has 0 aromatic carbocycles. The van der Waals surface area contributed by atoms with Gasteiger partial charge in [0.05, 0.1) is 10.7 Å². The van der Waals surface area contributed by atoms with E-state index in [1.807, 2.05) is 13.0 Å². The summed E-state index contributed by atoms with van der Waals surface area (Å²) in [5, 5.41) is 20.4. The average Bonchev–Trinajstić information content (AvgIpc) is 3.05. The number of halogens is 1. The minimum atomic E-state index is 0.300. The molecule has 3 aromatic rings. The Hall–Kier alpha value is -2.30. The van der Waals surface area contributed by atoms with Crippen LogP contribution in [0.5, 0.6) is 0 Å². The van der Waals surface area contributed by atoms with E-state index in [2.05, 4.69) is 25.4 Å². The van der Waals surface area contributed by atoms with Crippen LogP contribution < -0.4 is 0 Å². The highest BCUT2D eigenvalue weighted by Crippen LogP contribution is 2.32. The van der Waals surface area contributed by atoms with Gasteiger partial charge in [-0.15, -0.1) is 16.4 Å². The second-order valence-corrected chi connectivity index (χ2v) is 5.57. The monoisotopic (exact) mass is 302 g/mol. The first-order valence-electron chi connectivity index (χ1n) is 5.60. The summed E-state index contributed by atoms with van der Waals surface area (Å²) in [7, 11) is 0. The maximum Gasteiger partial charge on any atom is 0.165 e. The van der Waals surface area contributed by atoms with Gasteiger partial charge >= 0.3 is 0 Å². The Morgan fingerprint density at radius 1 is 1.35 bits per heavy atom. The topological polar surface area (TPSA) is 91.1 Å². The van der Waals surface area contributed by atoms with Gasteiger partial charge in [0.2, 0.25) is 0 Å². The highest BCUT2D eigenvalue weighted by molar-refractivity contribution is 7.15. The van der Waals surface area contributed by atoms with Crippen LogP contribution in [0.25, 0.3) is 22.1 Å². The van der Waals surface area contributed by atoms with E-state index in [0.717, 1.165) is 15.6 Å². The molecule has 0 bridgehead atoms. The minimum absolute atomic E-state index is 0.300. The van der Waals surface area contributed by atoms with Crippen molar-refractivity contribution in [2.75, 3.05) is 0 Å². The number of pyridine rings is 1. The predicted molar refractivity (Wildman–Crippen MR) is 75.2 cm³/mol. The molecule has 0 fully saturated rings. The van der Waals surface area contributed by atoms with Crippen molar-refractivity contribution < 1.29 is 0 Å². The molecule has 0 radical (unpaired) electrons. The molecule has 0 aliphatic rings. The number of nitrogens with one attached hydrogen (secondary N) is 1. The quantitative estimate of drug-likeness (QED) is 0.786. The number of aromatic nitrogens is 5. The molecule has 6 nitrogen and oxygen atoms in total. The fraction of sp³-hybridized carbons (Fsp3) is 0.0833. The van der Waals surface area contributed by atoms with Crippen LogP contribution in [0.4, 0.5) is 0 Å². The second-order valence-electron chi connectivity index (χ2n) is 3.93. The largest absolute Gasteiger partial charge is 0.252 e. The van der Waals surface area contributed by atoms with E-state index in [-0.39, 0.29) is 0 Å². The molecule has 8 heteroatoms.